The van der Waals surface area contributed by atoms with E-state index in [1.54, 1.807) is 12.1 Å². The van der Waals surface area contributed by atoms with Gasteiger partial charge in [0.25, 0.3) is 0 Å². The van der Waals surface area contributed by atoms with Crippen LogP contribution in [0.25, 0.3) is 0 Å². The van der Waals surface area contributed by atoms with Gasteiger partial charge in [0, 0.05) is 17.4 Å². The smallest absolute Gasteiger partial charge is 0.240 e. The Hall–Kier alpha value is -1.90. The molecule has 2 N–H and O–H groups in total. The van der Waals surface area contributed by atoms with Gasteiger partial charge in [0.1, 0.15) is 12.4 Å². The van der Waals surface area contributed by atoms with Crippen molar-refractivity contribution in [3.8, 4) is 5.75 Å². The molecule has 1 amide bonds. The Kier molecular flexibility index (Phi) is 7.42. The Morgan fingerprint density at radius 3 is 2.52 bits per heavy atom. The molecule has 2 rings (SSSR count). The minimum absolute atomic E-state index is 0.0280. The van der Waals surface area contributed by atoms with E-state index in [1.807, 2.05) is 30.3 Å². The lowest BCUT2D eigenvalue weighted by Gasteiger charge is -2.09. The number of rotatable bonds is 9. The predicted molar refractivity (Wildman–Crippen MR) is 98.9 cm³/mol. The number of nitrogens with one attached hydrogen (secondary N) is 2. The highest BCUT2D eigenvalue weighted by molar-refractivity contribution is 9.10. The van der Waals surface area contributed by atoms with E-state index in [0.29, 0.717) is 17.6 Å². The number of ether oxygens (including phenoxy) is 1. The minimum atomic E-state index is -3.62. The average Bonchev–Trinajstić information content (AvgIpc) is 2.59. The molecule has 8 heteroatoms. The zero-order chi connectivity index (χ0) is 18.1. The lowest BCUT2D eigenvalue weighted by atomic mass is 10.3. The fourth-order valence-corrected chi connectivity index (χ4v) is 3.61. The third-order valence-electron chi connectivity index (χ3n) is 3.19. The summed E-state index contributed by atoms with van der Waals surface area (Å²) in [5, 5.41) is 2.68. The SMILES string of the molecule is O=C(CCNS(=O)(=O)c1cccc(Br)c1)NCCOc1ccccc1. The van der Waals surface area contributed by atoms with Crippen molar-refractivity contribution >= 4 is 31.9 Å². The second kappa shape index (κ2) is 9.55. The van der Waals surface area contributed by atoms with E-state index in [0.717, 1.165) is 5.75 Å². The molecule has 134 valence electrons. The van der Waals surface area contributed by atoms with Crippen LogP contribution in [0, 0.1) is 0 Å². The molecule has 0 heterocycles. The van der Waals surface area contributed by atoms with Crippen LogP contribution in [0.4, 0.5) is 0 Å². The Morgan fingerprint density at radius 2 is 1.80 bits per heavy atom. The largest absolute Gasteiger partial charge is 0.492 e. The fourth-order valence-electron chi connectivity index (χ4n) is 1.98. The number of carbonyl (C=O) groups is 1. The van der Waals surface area contributed by atoms with Crippen LogP contribution in [0.5, 0.6) is 5.75 Å². The van der Waals surface area contributed by atoms with Gasteiger partial charge in [-0.1, -0.05) is 40.2 Å². The quantitative estimate of drug-likeness (QED) is 0.602. The van der Waals surface area contributed by atoms with Crippen LogP contribution >= 0.6 is 15.9 Å². The van der Waals surface area contributed by atoms with Gasteiger partial charge in [-0.25, -0.2) is 13.1 Å². The molecular weight excluding hydrogens is 408 g/mol. The van der Waals surface area contributed by atoms with E-state index >= 15 is 0 Å². The maximum Gasteiger partial charge on any atom is 0.240 e. The van der Waals surface area contributed by atoms with E-state index in [1.165, 1.54) is 12.1 Å². The first-order chi connectivity index (χ1) is 12.0. The summed E-state index contributed by atoms with van der Waals surface area (Å²) in [6.07, 6.45) is 0.0541. The summed E-state index contributed by atoms with van der Waals surface area (Å²) in [5.74, 6) is 0.493. The van der Waals surface area contributed by atoms with Gasteiger partial charge in [-0.05, 0) is 30.3 Å². The molecule has 0 aliphatic rings. The van der Waals surface area contributed by atoms with Crippen LogP contribution < -0.4 is 14.8 Å². The third-order valence-corrected chi connectivity index (χ3v) is 5.14. The summed E-state index contributed by atoms with van der Waals surface area (Å²) < 4.78 is 32.7. The number of sulfonamides is 1. The van der Waals surface area contributed by atoms with Gasteiger partial charge in [-0.3, -0.25) is 4.79 Å². The van der Waals surface area contributed by atoms with E-state index < -0.39 is 10.0 Å². The van der Waals surface area contributed by atoms with Crippen molar-refractivity contribution in [2.75, 3.05) is 19.7 Å². The van der Waals surface area contributed by atoms with Crippen LogP contribution in [0.1, 0.15) is 6.42 Å². The van der Waals surface area contributed by atoms with Gasteiger partial charge in [0.15, 0.2) is 0 Å². The van der Waals surface area contributed by atoms with Crippen molar-refractivity contribution in [2.24, 2.45) is 0 Å². The normalized spacial score (nSPS) is 11.1. The van der Waals surface area contributed by atoms with Gasteiger partial charge in [0.2, 0.25) is 15.9 Å². The molecule has 2 aromatic rings. The summed E-state index contributed by atoms with van der Waals surface area (Å²) in [4.78, 5) is 11.9. The van der Waals surface area contributed by atoms with Crippen LogP contribution in [0.15, 0.2) is 64.0 Å². The molecule has 0 saturated heterocycles. The molecule has 0 spiro atoms. The number of benzene rings is 2. The molecule has 0 atom stereocenters. The number of amides is 1. The maximum atomic E-state index is 12.1. The molecular formula is C17H19BrN2O4S. The van der Waals surface area contributed by atoms with Gasteiger partial charge in [0.05, 0.1) is 11.4 Å². The Bertz CT molecular complexity index is 797. The summed E-state index contributed by atoms with van der Waals surface area (Å²) in [7, 11) is -3.62. The first-order valence-electron chi connectivity index (χ1n) is 7.67. The van der Waals surface area contributed by atoms with Crippen molar-refractivity contribution in [2.45, 2.75) is 11.3 Å². The van der Waals surface area contributed by atoms with Crippen molar-refractivity contribution in [1.29, 1.82) is 0 Å². The van der Waals surface area contributed by atoms with Crippen LogP contribution in [0.3, 0.4) is 0 Å². The second-order valence-corrected chi connectivity index (χ2v) is 7.80. The van der Waals surface area contributed by atoms with Gasteiger partial charge in [-0.15, -0.1) is 0 Å². The van der Waals surface area contributed by atoms with Gasteiger partial charge >= 0.3 is 0 Å². The Labute approximate surface area is 155 Å². The first-order valence-corrected chi connectivity index (χ1v) is 9.95. The number of hydrogen-bond donors (Lipinski definition) is 2. The molecule has 0 unspecified atom stereocenters. The molecule has 0 aliphatic heterocycles. The minimum Gasteiger partial charge on any atom is -0.492 e. The van der Waals surface area contributed by atoms with Crippen molar-refractivity contribution in [1.82, 2.24) is 10.0 Å². The number of para-hydroxylation sites is 1. The van der Waals surface area contributed by atoms with E-state index in [2.05, 4.69) is 26.0 Å². The molecule has 0 aromatic heterocycles. The lowest BCUT2D eigenvalue weighted by molar-refractivity contribution is -0.121. The average molecular weight is 427 g/mol. The maximum absolute atomic E-state index is 12.1. The highest BCUT2D eigenvalue weighted by atomic mass is 79.9. The number of carbonyl (C=O) groups excluding carboxylic acids is 1. The highest BCUT2D eigenvalue weighted by Gasteiger charge is 2.14. The molecule has 25 heavy (non-hydrogen) atoms. The summed E-state index contributed by atoms with van der Waals surface area (Å²) >= 11 is 3.23. The lowest BCUT2D eigenvalue weighted by Crippen LogP contribution is -2.32. The van der Waals surface area contributed by atoms with Crippen LogP contribution in [-0.4, -0.2) is 34.0 Å². The van der Waals surface area contributed by atoms with E-state index in [-0.39, 0.29) is 23.8 Å². The van der Waals surface area contributed by atoms with Crippen LogP contribution in [0.2, 0.25) is 0 Å². The molecule has 2 aromatic carbocycles. The molecule has 0 aliphatic carbocycles. The predicted octanol–water partition coefficient (Wildman–Crippen LogP) is 2.31. The topological polar surface area (TPSA) is 84.5 Å². The fraction of sp³-hybridized carbons (Fsp3) is 0.235. The monoisotopic (exact) mass is 426 g/mol. The summed E-state index contributed by atoms with van der Waals surface area (Å²) in [6.45, 7) is 0.728. The molecule has 6 nitrogen and oxygen atoms in total. The Morgan fingerprint density at radius 1 is 1.04 bits per heavy atom. The molecule has 0 radical (unpaired) electrons. The van der Waals surface area contributed by atoms with Gasteiger partial charge in [-0.2, -0.15) is 0 Å². The summed E-state index contributed by atoms with van der Waals surface area (Å²) in [5.41, 5.74) is 0. The zero-order valence-electron chi connectivity index (χ0n) is 13.4. The summed E-state index contributed by atoms with van der Waals surface area (Å²) in [6, 6.07) is 15.7. The Balaban J connectivity index is 1.66. The first kappa shape index (κ1) is 19.4. The van der Waals surface area contributed by atoms with Crippen molar-refractivity contribution < 1.29 is 17.9 Å². The number of halogens is 1. The van der Waals surface area contributed by atoms with E-state index in [9.17, 15) is 13.2 Å². The zero-order valence-corrected chi connectivity index (χ0v) is 15.8. The van der Waals surface area contributed by atoms with Crippen LogP contribution in [-0.2, 0) is 14.8 Å². The van der Waals surface area contributed by atoms with Gasteiger partial charge < -0.3 is 10.1 Å². The van der Waals surface area contributed by atoms with Crippen molar-refractivity contribution in [3.63, 3.8) is 0 Å². The molecule has 0 bridgehead atoms. The van der Waals surface area contributed by atoms with E-state index in [4.69, 9.17) is 4.74 Å². The second-order valence-electron chi connectivity index (χ2n) is 5.12. The molecule has 0 fully saturated rings. The standard InChI is InChI=1S/C17H19BrN2O4S/c18-14-5-4-8-16(13-14)25(22,23)20-10-9-17(21)19-11-12-24-15-6-2-1-3-7-15/h1-8,13,20H,9-12H2,(H,19,21). The number of hydrogen-bond acceptors (Lipinski definition) is 4. The van der Waals surface area contributed by atoms with Crippen molar-refractivity contribution in [3.05, 3.63) is 59.1 Å². The third kappa shape index (κ3) is 6.85. The molecule has 0 saturated carbocycles. The highest BCUT2D eigenvalue weighted by Crippen LogP contribution is 2.15.